The molecule has 0 fully saturated rings. The standard InChI is InChI=1S/C16H14ClN3/c1-10-6-11(9-19-8-10)16-15(18-2)13-5-4-12(17)7-14(13)20(16)3/h4-9H,2H2,1,3H3. The fourth-order valence-electron chi connectivity index (χ4n) is 2.56. The Labute approximate surface area is 122 Å². The van der Waals surface area contributed by atoms with Crippen LogP contribution in [0.25, 0.3) is 22.2 Å². The molecule has 2 aromatic heterocycles. The molecule has 2 heterocycles. The Morgan fingerprint density at radius 2 is 2.05 bits per heavy atom. The Kier molecular flexibility index (Phi) is 3.07. The summed E-state index contributed by atoms with van der Waals surface area (Å²) in [6, 6.07) is 7.89. The van der Waals surface area contributed by atoms with Gasteiger partial charge < -0.3 is 4.57 Å². The van der Waals surface area contributed by atoms with E-state index in [0.29, 0.717) is 5.02 Å². The molecule has 4 heteroatoms. The van der Waals surface area contributed by atoms with Gasteiger partial charge in [0.05, 0.1) is 16.9 Å². The number of hydrogen-bond donors (Lipinski definition) is 0. The van der Waals surface area contributed by atoms with E-state index in [1.54, 1.807) is 0 Å². The predicted molar refractivity (Wildman–Crippen MR) is 85.1 cm³/mol. The minimum atomic E-state index is 0.711. The van der Waals surface area contributed by atoms with Gasteiger partial charge in [0.1, 0.15) is 0 Å². The van der Waals surface area contributed by atoms with Gasteiger partial charge in [0.15, 0.2) is 0 Å². The van der Waals surface area contributed by atoms with Crippen molar-refractivity contribution in [3.63, 3.8) is 0 Å². The van der Waals surface area contributed by atoms with Crippen molar-refractivity contribution >= 4 is 34.9 Å². The van der Waals surface area contributed by atoms with Crippen LogP contribution in [0.1, 0.15) is 5.56 Å². The molecule has 100 valence electrons. The zero-order chi connectivity index (χ0) is 14.3. The van der Waals surface area contributed by atoms with Crippen molar-refractivity contribution in [2.75, 3.05) is 0 Å². The maximum absolute atomic E-state index is 6.09. The van der Waals surface area contributed by atoms with E-state index in [-0.39, 0.29) is 0 Å². The van der Waals surface area contributed by atoms with Crippen molar-refractivity contribution < 1.29 is 0 Å². The normalized spacial score (nSPS) is 10.9. The Balaban J connectivity index is 2.40. The fourth-order valence-corrected chi connectivity index (χ4v) is 2.73. The van der Waals surface area contributed by atoms with Gasteiger partial charge in [-0.05, 0) is 43.5 Å². The molecule has 0 aliphatic heterocycles. The fraction of sp³-hybridized carbons (Fsp3) is 0.125. The third kappa shape index (κ3) is 1.91. The van der Waals surface area contributed by atoms with Crippen LogP contribution in [0.15, 0.2) is 41.7 Å². The summed E-state index contributed by atoms with van der Waals surface area (Å²) >= 11 is 6.09. The van der Waals surface area contributed by atoms with E-state index in [4.69, 9.17) is 11.6 Å². The molecule has 0 bridgehead atoms. The zero-order valence-corrected chi connectivity index (χ0v) is 12.1. The molecule has 0 atom stereocenters. The van der Waals surface area contributed by atoms with Crippen LogP contribution >= 0.6 is 11.6 Å². The molecule has 3 nitrogen and oxygen atoms in total. The Morgan fingerprint density at radius 3 is 2.75 bits per heavy atom. The Hall–Kier alpha value is -2.13. The summed E-state index contributed by atoms with van der Waals surface area (Å²) in [5.74, 6) is 0. The lowest BCUT2D eigenvalue weighted by atomic mass is 10.1. The van der Waals surface area contributed by atoms with Crippen LogP contribution in [-0.2, 0) is 7.05 Å². The number of halogens is 1. The highest BCUT2D eigenvalue weighted by Gasteiger charge is 2.16. The molecule has 20 heavy (non-hydrogen) atoms. The largest absolute Gasteiger partial charge is 0.342 e. The minimum absolute atomic E-state index is 0.711. The molecule has 0 aliphatic carbocycles. The Bertz CT molecular complexity index is 818. The molecule has 0 saturated heterocycles. The quantitative estimate of drug-likeness (QED) is 0.635. The van der Waals surface area contributed by atoms with Gasteiger partial charge in [-0.2, -0.15) is 0 Å². The lowest BCUT2D eigenvalue weighted by Gasteiger charge is -2.06. The third-order valence-corrected chi connectivity index (χ3v) is 3.68. The predicted octanol–water partition coefficient (Wildman–Crippen LogP) is 4.53. The third-order valence-electron chi connectivity index (χ3n) is 3.44. The number of fused-ring (bicyclic) bond motifs is 1. The number of hydrogen-bond acceptors (Lipinski definition) is 2. The first-order valence-corrected chi connectivity index (χ1v) is 6.66. The highest BCUT2D eigenvalue weighted by molar-refractivity contribution is 6.31. The second-order valence-electron chi connectivity index (χ2n) is 4.83. The first-order chi connectivity index (χ1) is 9.61. The molecule has 0 amide bonds. The smallest absolute Gasteiger partial charge is 0.0959 e. The number of pyridine rings is 1. The van der Waals surface area contributed by atoms with E-state index >= 15 is 0 Å². The van der Waals surface area contributed by atoms with Gasteiger partial charge in [0.2, 0.25) is 0 Å². The average molecular weight is 284 g/mol. The molecule has 3 aromatic rings. The van der Waals surface area contributed by atoms with Crippen LogP contribution in [0, 0.1) is 6.92 Å². The second kappa shape index (κ2) is 4.76. The molecule has 3 rings (SSSR count). The summed E-state index contributed by atoms with van der Waals surface area (Å²) in [5.41, 5.74) is 5.06. The summed E-state index contributed by atoms with van der Waals surface area (Å²) in [6.45, 7) is 5.73. The molecule has 0 aliphatic rings. The van der Waals surface area contributed by atoms with Gasteiger partial charge in [-0.1, -0.05) is 11.6 Å². The Morgan fingerprint density at radius 1 is 1.25 bits per heavy atom. The SMILES string of the molecule is C=Nc1c(-c2cncc(C)c2)n(C)c2cc(Cl)ccc12. The zero-order valence-electron chi connectivity index (χ0n) is 11.4. The second-order valence-corrected chi connectivity index (χ2v) is 5.26. The van der Waals surface area contributed by atoms with Gasteiger partial charge in [0.25, 0.3) is 0 Å². The maximum atomic E-state index is 6.09. The highest BCUT2D eigenvalue weighted by Crippen LogP contribution is 2.39. The van der Waals surface area contributed by atoms with Crippen molar-refractivity contribution in [1.29, 1.82) is 0 Å². The van der Waals surface area contributed by atoms with Crippen molar-refractivity contribution in [2.45, 2.75) is 6.92 Å². The van der Waals surface area contributed by atoms with Crippen LogP contribution in [-0.4, -0.2) is 16.3 Å². The van der Waals surface area contributed by atoms with Gasteiger partial charge in [-0.25, -0.2) is 0 Å². The van der Waals surface area contributed by atoms with Crippen molar-refractivity contribution in [1.82, 2.24) is 9.55 Å². The van der Waals surface area contributed by atoms with Crippen LogP contribution in [0.2, 0.25) is 5.02 Å². The summed E-state index contributed by atoms with van der Waals surface area (Å²) < 4.78 is 2.08. The van der Waals surface area contributed by atoms with Crippen LogP contribution in [0.3, 0.4) is 0 Å². The summed E-state index contributed by atoms with van der Waals surface area (Å²) in [7, 11) is 2.00. The van der Waals surface area contributed by atoms with Gasteiger partial charge in [0, 0.05) is 35.4 Å². The van der Waals surface area contributed by atoms with Crippen molar-refractivity contribution in [3.05, 3.63) is 47.2 Å². The van der Waals surface area contributed by atoms with Crippen LogP contribution in [0.5, 0.6) is 0 Å². The molecule has 0 spiro atoms. The van der Waals surface area contributed by atoms with E-state index < -0.39 is 0 Å². The number of benzene rings is 1. The molecule has 1 aromatic carbocycles. The summed E-state index contributed by atoms with van der Waals surface area (Å²) in [5, 5.41) is 1.76. The first kappa shape index (κ1) is 12.9. The number of nitrogens with zero attached hydrogens (tertiary/aromatic N) is 3. The van der Waals surface area contributed by atoms with Crippen LogP contribution in [0.4, 0.5) is 5.69 Å². The van der Waals surface area contributed by atoms with Crippen molar-refractivity contribution in [3.8, 4) is 11.3 Å². The van der Waals surface area contributed by atoms with E-state index in [9.17, 15) is 0 Å². The molecule has 0 saturated carbocycles. The number of rotatable bonds is 2. The van der Waals surface area contributed by atoms with Gasteiger partial charge >= 0.3 is 0 Å². The maximum Gasteiger partial charge on any atom is 0.0959 e. The average Bonchev–Trinajstić information content (AvgIpc) is 2.71. The monoisotopic (exact) mass is 283 g/mol. The summed E-state index contributed by atoms with van der Waals surface area (Å²) in [6.07, 6.45) is 3.68. The summed E-state index contributed by atoms with van der Waals surface area (Å²) in [4.78, 5) is 8.48. The van der Waals surface area contributed by atoms with Crippen molar-refractivity contribution in [2.24, 2.45) is 12.0 Å². The highest BCUT2D eigenvalue weighted by atomic mass is 35.5. The lowest BCUT2D eigenvalue weighted by molar-refractivity contribution is 0.976. The van der Waals surface area contributed by atoms with E-state index in [1.165, 1.54) is 0 Å². The minimum Gasteiger partial charge on any atom is -0.342 e. The molecule has 0 unspecified atom stereocenters. The first-order valence-electron chi connectivity index (χ1n) is 6.28. The lowest BCUT2D eigenvalue weighted by Crippen LogP contribution is -1.92. The van der Waals surface area contributed by atoms with E-state index in [2.05, 4.69) is 27.3 Å². The van der Waals surface area contributed by atoms with Gasteiger partial charge in [-0.3, -0.25) is 9.98 Å². The van der Waals surface area contributed by atoms with E-state index in [0.717, 1.165) is 33.4 Å². The molecular formula is C16H14ClN3. The molecule has 0 N–H and O–H groups in total. The molecular weight excluding hydrogens is 270 g/mol. The van der Waals surface area contributed by atoms with Gasteiger partial charge in [-0.15, -0.1) is 0 Å². The topological polar surface area (TPSA) is 30.2 Å². The van der Waals surface area contributed by atoms with E-state index in [1.807, 2.05) is 44.6 Å². The number of aryl methyl sites for hydroxylation is 2. The van der Waals surface area contributed by atoms with Crippen LogP contribution < -0.4 is 0 Å². The number of aromatic nitrogens is 2. The number of aliphatic imine (C=N–C) groups is 1. The molecule has 0 radical (unpaired) electrons.